The van der Waals surface area contributed by atoms with Crippen LogP contribution in [0.25, 0.3) is 11.0 Å². The number of nitrogens with zero attached hydrogens (tertiary/aromatic N) is 5. The Bertz CT molecular complexity index is 939. The van der Waals surface area contributed by atoms with Gasteiger partial charge in [-0.3, -0.25) is 4.68 Å². The van der Waals surface area contributed by atoms with Gasteiger partial charge in [0.2, 0.25) is 5.95 Å². The van der Waals surface area contributed by atoms with E-state index in [0.29, 0.717) is 35.5 Å². The maximum atomic E-state index is 6.03. The van der Waals surface area contributed by atoms with Crippen molar-refractivity contribution in [1.29, 1.82) is 0 Å². The van der Waals surface area contributed by atoms with Crippen molar-refractivity contribution in [3.63, 3.8) is 0 Å². The Balaban J connectivity index is 1.84. The highest BCUT2D eigenvalue weighted by atomic mass is 16.5. The average Bonchev–Trinajstić information content (AvgIpc) is 3.03. The molecule has 0 saturated heterocycles. The Morgan fingerprint density at radius 2 is 1.93 bits per heavy atom. The fraction of sp³-hybridized carbons (Fsp3) is 0.389. The van der Waals surface area contributed by atoms with Gasteiger partial charge >= 0.3 is 0 Å². The summed E-state index contributed by atoms with van der Waals surface area (Å²) in [6.45, 7) is 0.589. The molecule has 144 valence electrons. The molecule has 1 aromatic carbocycles. The second kappa shape index (κ2) is 7.67. The summed E-state index contributed by atoms with van der Waals surface area (Å²) in [6.07, 6.45) is 1.67. The predicted molar refractivity (Wildman–Crippen MR) is 105 cm³/mol. The van der Waals surface area contributed by atoms with Crippen LogP contribution in [-0.4, -0.2) is 59.5 Å². The number of aromatic nitrogens is 4. The van der Waals surface area contributed by atoms with Gasteiger partial charge in [0.25, 0.3) is 0 Å². The van der Waals surface area contributed by atoms with Gasteiger partial charge in [-0.05, 0) is 31.8 Å². The van der Waals surface area contributed by atoms with Crippen molar-refractivity contribution >= 4 is 22.8 Å². The van der Waals surface area contributed by atoms with Crippen molar-refractivity contribution in [3.05, 3.63) is 30.0 Å². The number of hydrogen-bond donors (Lipinski definition) is 2. The molecule has 27 heavy (non-hydrogen) atoms. The molecular formula is C18H25N7O2. The van der Waals surface area contributed by atoms with Crippen LogP contribution >= 0.6 is 0 Å². The first-order valence-electron chi connectivity index (χ1n) is 8.52. The summed E-state index contributed by atoms with van der Waals surface area (Å²) in [7, 11) is 9.11. The summed E-state index contributed by atoms with van der Waals surface area (Å²) in [5.41, 5.74) is 7.81. The summed E-state index contributed by atoms with van der Waals surface area (Å²) >= 11 is 0. The molecule has 3 aromatic rings. The van der Waals surface area contributed by atoms with Crippen LogP contribution in [0.1, 0.15) is 11.6 Å². The Kier molecular flexibility index (Phi) is 5.31. The highest BCUT2D eigenvalue weighted by Gasteiger charge is 2.18. The minimum absolute atomic E-state index is 0.0665. The van der Waals surface area contributed by atoms with Crippen LogP contribution in [0.15, 0.2) is 24.4 Å². The maximum absolute atomic E-state index is 6.03. The van der Waals surface area contributed by atoms with Crippen LogP contribution in [0.3, 0.4) is 0 Å². The zero-order valence-corrected chi connectivity index (χ0v) is 16.2. The number of rotatable bonds is 7. The van der Waals surface area contributed by atoms with E-state index in [4.69, 9.17) is 15.2 Å². The van der Waals surface area contributed by atoms with Crippen LogP contribution in [0.5, 0.6) is 11.5 Å². The van der Waals surface area contributed by atoms with Gasteiger partial charge in [-0.2, -0.15) is 15.1 Å². The Morgan fingerprint density at radius 1 is 1.19 bits per heavy atom. The predicted octanol–water partition coefficient (Wildman–Crippen LogP) is 1.68. The molecule has 0 aliphatic rings. The fourth-order valence-electron chi connectivity index (χ4n) is 2.97. The quantitative estimate of drug-likeness (QED) is 0.646. The molecule has 9 nitrogen and oxygen atoms in total. The molecule has 2 heterocycles. The van der Waals surface area contributed by atoms with Gasteiger partial charge in [0.15, 0.2) is 17.1 Å². The lowest BCUT2D eigenvalue weighted by Gasteiger charge is -2.26. The molecule has 0 aliphatic carbocycles. The lowest BCUT2D eigenvalue weighted by atomic mass is 10.1. The third kappa shape index (κ3) is 3.72. The van der Waals surface area contributed by atoms with E-state index >= 15 is 0 Å². The maximum Gasteiger partial charge on any atom is 0.226 e. The van der Waals surface area contributed by atoms with Crippen LogP contribution in [0.4, 0.5) is 11.8 Å². The van der Waals surface area contributed by atoms with E-state index in [2.05, 4.69) is 25.3 Å². The van der Waals surface area contributed by atoms with Crippen molar-refractivity contribution in [2.45, 2.75) is 6.04 Å². The average molecular weight is 371 g/mol. The van der Waals surface area contributed by atoms with Crippen molar-refractivity contribution in [1.82, 2.24) is 24.6 Å². The SMILES string of the molecule is COc1ccc(C(CNc2nc(N)c3cnn(C)c3n2)N(C)C)cc1OC. The van der Waals surface area contributed by atoms with E-state index < -0.39 is 0 Å². The van der Waals surface area contributed by atoms with Crippen LogP contribution in [-0.2, 0) is 7.05 Å². The van der Waals surface area contributed by atoms with Gasteiger partial charge < -0.3 is 25.4 Å². The van der Waals surface area contributed by atoms with Gasteiger partial charge in [-0.15, -0.1) is 0 Å². The summed E-state index contributed by atoms with van der Waals surface area (Å²) in [5, 5.41) is 8.20. The number of nitrogen functional groups attached to an aromatic ring is 1. The number of likely N-dealkylation sites (N-methyl/N-ethyl adjacent to an activating group) is 1. The van der Waals surface area contributed by atoms with Gasteiger partial charge in [0.1, 0.15) is 5.82 Å². The van der Waals surface area contributed by atoms with Crippen LogP contribution < -0.4 is 20.5 Å². The highest BCUT2D eigenvalue weighted by molar-refractivity contribution is 5.86. The first kappa shape index (κ1) is 18.7. The number of nitrogens with two attached hydrogens (primary N) is 1. The minimum atomic E-state index is 0.0665. The third-order valence-corrected chi connectivity index (χ3v) is 4.49. The van der Waals surface area contributed by atoms with Gasteiger partial charge in [0, 0.05) is 13.6 Å². The summed E-state index contributed by atoms with van der Waals surface area (Å²) in [4.78, 5) is 11.0. The van der Waals surface area contributed by atoms with Gasteiger partial charge in [-0.25, -0.2) is 0 Å². The Labute approximate surface area is 158 Å². The fourth-order valence-corrected chi connectivity index (χ4v) is 2.97. The van der Waals surface area contributed by atoms with E-state index in [-0.39, 0.29) is 6.04 Å². The first-order valence-corrected chi connectivity index (χ1v) is 8.52. The van der Waals surface area contributed by atoms with Crippen molar-refractivity contribution in [2.75, 3.05) is 45.9 Å². The largest absolute Gasteiger partial charge is 0.493 e. The summed E-state index contributed by atoms with van der Waals surface area (Å²) < 4.78 is 12.4. The zero-order chi connectivity index (χ0) is 19.6. The van der Waals surface area contributed by atoms with E-state index in [0.717, 1.165) is 10.9 Å². The van der Waals surface area contributed by atoms with Crippen LogP contribution in [0.2, 0.25) is 0 Å². The molecule has 0 spiro atoms. The van der Waals surface area contributed by atoms with Crippen molar-refractivity contribution in [2.24, 2.45) is 7.05 Å². The molecule has 0 amide bonds. The number of hydrogen-bond acceptors (Lipinski definition) is 8. The van der Waals surface area contributed by atoms with E-state index in [9.17, 15) is 0 Å². The lowest BCUT2D eigenvalue weighted by molar-refractivity contribution is 0.308. The Hall–Kier alpha value is -3.07. The number of fused-ring (bicyclic) bond motifs is 1. The standard InChI is InChI=1S/C18H25N7O2/c1-24(2)13(11-6-7-14(26-4)15(8-11)27-5)10-20-18-22-16(19)12-9-21-25(3)17(12)23-18/h6-9,13H,10H2,1-5H3,(H3,19,20,22,23). The van der Waals surface area contributed by atoms with Gasteiger partial charge in [-0.1, -0.05) is 6.07 Å². The molecule has 0 aliphatic heterocycles. The second-order valence-electron chi connectivity index (χ2n) is 6.41. The number of ether oxygens (including phenoxy) is 2. The number of methoxy groups -OCH3 is 2. The topological polar surface area (TPSA) is 103 Å². The van der Waals surface area contributed by atoms with E-state index in [1.165, 1.54) is 0 Å². The van der Waals surface area contributed by atoms with E-state index in [1.54, 1.807) is 25.1 Å². The molecular weight excluding hydrogens is 346 g/mol. The highest BCUT2D eigenvalue weighted by Crippen LogP contribution is 2.31. The molecule has 2 aromatic heterocycles. The zero-order valence-electron chi connectivity index (χ0n) is 16.2. The summed E-state index contributed by atoms with van der Waals surface area (Å²) in [6, 6.07) is 5.97. The summed E-state index contributed by atoms with van der Waals surface area (Å²) in [5.74, 6) is 2.27. The van der Waals surface area contributed by atoms with Crippen LogP contribution in [0, 0.1) is 0 Å². The minimum Gasteiger partial charge on any atom is -0.493 e. The third-order valence-electron chi connectivity index (χ3n) is 4.49. The molecule has 0 fully saturated rings. The molecule has 0 bridgehead atoms. The number of anilines is 2. The van der Waals surface area contributed by atoms with Crippen molar-refractivity contribution < 1.29 is 9.47 Å². The smallest absolute Gasteiger partial charge is 0.226 e. The normalized spacial score (nSPS) is 12.4. The lowest BCUT2D eigenvalue weighted by Crippen LogP contribution is -2.27. The number of nitrogens with one attached hydrogen (secondary N) is 1. The number of benzene rings is 1. The molecule has 0 radical (unpaired) electrons. The van der Waals surface area contributed by atoms with E-state index in [1.807, 2.05) is 39.3 Å². The monoisotopic (exact) mass is 371 g/mol. The first-order chi connectivity index (χ1) is 12.9. The van der Waals surface area contributed by atoms with Gasteiger partial charge in [0.05, 0.1) is 31.8 Å². The molecule has 9 heteroatoms. The molecule has 3 N–H and O–H groups in total. The second-order valence-corrected chi connectivity index (χ2v) is 6.41. The molecule has 1 unspecified atom stereocenters. The number of aryl methyl sites for hydroxylation is 1. The molecule has 1 atom stereocenters. The van der Waals surface area contributed by atoms with Crippen molar-refractivity contribution in [3.8, 4) is 11.5 Å². The Morgan fingerprint density at radius 3 is 2.59 bits per heavy atom. The molecule has 0 saturated carbocycles. The molecule has 3 rings (SSSR count).